The zero-order valence-corrected chi connectivity index (χ0v) is 18.2. The summed E-state index contributed by atoms with van der Waals surface area (Å²) >= 11 is 0. The normalized spacial score (nSPS) is 11.6. The summed E-state index contributed by atoms with van der Waals surface area (Å²) in [5.41, 5.74) is 0.281. The van der Waals surface area contributed by atoms with Crippen molar-refractivity contribution in [3.05, 3.63) is 42.5 Å². The van der Waals surface area contributed by atoms with Gasteiger partial charge in [-0.15, -0.1) is 0 Å². The minimum absolute atomic E-state index is 0.0496. The smallest absolute Gasteiger partial charge is 0.262 e. The minimum atomic E-state index is -3.86. The van der Waals surface area contributed by atoms with Gasteiger partial charge in [-0.1, -0.05) is 26.8 Å². The highest BCUT2D eigenvalue weighted by atomic mass is 32.2. The molecule has 158 valence electrons. The third kappa shape index (κ3) is 6.12. The van der Waals surface area contributed by atoms with E-state index in [0.29, 0.717) is 36.1 Å². The van der Waals surface area contributed by atoms with Crippen molar-refractivity contribution in [1.29, 1.82) is 0 Å². The highest BCUT2D eigenvalue weighted by molar-refractivity contribution is 7.92. The molecule has 0 aliphatic heterocycles. The van der Waals surface area contributed by atoms with Crippen LogP contribution in [0.3, 0.4) is 0 Å². The number of hydrogen-bond donors (Lipinski definition) is 2. The second kappa shape index (κ2) is 9.17. The molecule has 1 amide bonds. The first kappa shape index (κ1) is 22.5. The molecular formula is C21H28N2O5S. The molecule has 29 heavy (non-hydrogen) atoms. The summed E-state index contributed by atoms with van der Waals surface area (Å²) in [4.78, 5) is 12.2. The van der Waals surface area contributed by atoms with Gasteiger partial charge in [-0.3, -0.25) is 9.52 Å². The van der Waals surface area contributed by atoms with Crippen LogP contribution in [0.5, 0.6) is 11.5 Å². The van der Waals surface area contributed by atoms with E-state index in [2.05, 4.69) is 10.0 Å². The summed E-state index contributed by atoms with van der Waals surface area (Å²) in [7, 11) is -3.86. The number of amides is 1. The zero-order valence-electron chi connectivity index (χ0n) is 17.4. The van der Waals surface area contributed by atoms with Crippen LogP contribution in [0.1, 0.15) is 34.6 Å². The number of sulfonamides is 1. The molecule has 0 unspecified atom stereocenters. The summed E-state index contributed by atoms with van der Waals surface area (Å²) in [5, 5.41) is 2.78. The molecule has 0 fully saturated rings. The predicted octanol–water partition coefficient (Wildman–Crippen LogP) is 4.27. The third-order valence-electron chi connectivity index (χ3n) is 3.88. The fourth-order valence-corrected chi connectivity index (χ4v) is 3.46. The van der Waals surface area contributed by atoms with Crippen molar-refractivity contribution in [2.75, 3.05) is 23.3 Å². The molecule has 0 spiro atoms. The van der Waals surface area contributed by atoms with Gasteiger partial charge in [-0.25, -0.2) is 8.42 Å². The molecule has 0 aliphatic rings. The van der Waals surface area contributed by atoms with Crippen molar-refractivity contribution < 1.29 is 22.7 Å². The number of carbonyl (C=O) groups is 1. The molecule has 2 rings (SSSR count). The molecule has 0 aliphatic carbocycles. The lowest BCUT2D eigenvalue weighted by Crippen LogP contribution is -2.27. The van der Waals surface area contributed by atoms with Gasteiger partial charge in [-0.2, -0.15) is 0 Å². The van der Waals surface area contributed by atoms with Gasteiger partial charge in [0.2, 0.25) is 5.91 Å². The van der Waals surface area contributed by atoms with Gasteiger partial charge in [0.05, 0.1) is 23.8 Å². The summed E-state index contributed by atoms with van der Waals surface area (Å²) in [6, 6.07) is 11.0. The van der Waals surface area contributed by atoms with E-state index in [1.165, 1.54) is 12.1 Å². The van der Waals surface area contributed by atoms with E-state index >= 15 is 0 Å². The monoisotopic (exact) mass is 420 g/mol. The Bertz CT molecular complexity index is 965. The van der Waals surface area contributed by atoms with Crippen LogP contribution in [0.15, 0.2) is 47.4 Å². The van der Waals surface area contributed by atoms with Gasteiger partial charge in [0.1, 0.15) is 0 Å². The Morgan fingerprint density at radius 1 is 0.931 bits per heavy atom. The molecule has 0 saturated heterocycles. The fraction of sp³-hybridized carbons (Fsp3) is 0.381. The lowest BCUT2D eigenvalue weighted by atomic mass is 9.95. The summed E-state index contributed by atoms with van der Waals surface area (Å²) in [6.07, 6.45) is 0. The molecule has 7 nitrogen and oxygen atoms in total. The number of nitrogens with one attached hydrogen (secondary N) is 2. The van der Waals surface area contributed by atoms with Gasteiger partial charge >= 0.3 is 0 Å². The molecule has 2 aromatic rings. The quantitative estimate of drug-likeness (QED) is 0.665. The van der Waals surface area contributed by atoms with E-state index in [1.807, 2.05) is 13.8 Å². The summed E-state index contributed by atoms with van der Waals surface area (Å²) in [6.45, 7) is 9.88. The minimum Gasteiger partial charge on any atom is -0.490 e. The van der Waals surface area contributed by atoms with Crippen LogP contribution in [-0.2, 0) is 14.8 Å². The number of hydrogen-bond acceptors (Lipinski definition) is 5. The van der Waals surface area contributed by atoms with Gasteiger partial charge in [0.25, 0.3) is 10.0 Å². The highest BCUT2D eigenvalue weighted by Gasteiger charge is 2.22. The van der Waals surface area contributed by atoms with E-state index in [4.69, 9.17) is 9.47 Å². The molecule has 8 heteroatoms. The average Bonchev–Trinajstić information content (AvgIpc) is 2.62. The molecule has 0 bridgehead atoms. The van der Waals surface area contributed by atoms with Crippen molar-refractivity contribution in [1.82, 2.24) is 0 Å². The van der Waals surface area contributed by atoms with Crippen LogP contribution < -0.4 is 19.5 Å². The first-order valence-electron chi connectivity index (χ1n) is 9.40. The van der Waals surface area contributed by atoms with E-state index in [9.17, 15) is 13.2 Å². The van der Waals surface area contributed by atoms with Gasteiger partial charge in [0.15, 0.2) is 11.5 Å². The second-order valence-electron chi connectivity index (χ2n) is 7.36. The molecule has 2 N–H and O–H groups in total. The van der Waals surface area contributed by atoms with E-state index < -0.39 is 15.4 Å². The Morgan fingerprint density at radius 3 is 2.17 bits per heavy atom. The van der Waals surface area contributed by atoms with Crippen LogP contribution in [-0.4, -0.2) is 27.5 Å². The van der Waals surface area contributed by atoms with Crippen molar-refractivity contribution in [2.24, 2.45) is 5.41 Å². The van der Waals surface area contributed by atoms with E-state index in [-0.39, 0.29) is 10.8 Å². The van der Waals surface area contributed by atoms with E-state index in [1.54, 1.807) is 51.1 Å². The Labute approximate surface area is 172 Å². The number of carbonyl (C=O) groups excluding carboxylic acids is 1. The van der Waals surface area contributed by atoms with Crippen LogP contribution in [0.4, 0.5) is 11.4 Å². The molecule has 0 saturated carbocycles. The predicted molar refractivity (Wildman–Crippen MR) is 114 cm³/mol. The Balaban J connectivity index is 2.26. The lowest BCUT2D eigenvalue weighted by Gasteiger charge is -2.18. The first-order valence-corrected chi connectivity index (χ1v) is 10.9. The summed E-state index contributed by atoms with van der Waals surface area (Å²) in [5.74, 6) is 0.689. The van der Waals surface area contributed by atoms with E-state index in [0.717, 1.165) is 0 Å². The maximum Gasteiger partial charge on any atom is 0.262 e. The number of ether oxygens (including phenoxy) is 2. The standard InChI is InChI=1S/C21H28N2O5S/c1-6-27-18-12-11-17(14-19(18)28-7-2)29(25,26)23-16-10-8-9-15(13-16)22-20(24)21(3,4)5/h8-14,23H,6-7H2,1-5H3,(H,22,24). The first-order chi connectivity index (χ1) is 13.6. The Kier molecular flexibility index (Phi) is 7.13. The van der Waals surface area contributed by atoms with Crippen molar-refractivity contribution >= 4 is 27.3 Å². The van der Waals surface area contributed by atoms with Crippen LogP contribution in [0, 0.1) is 5.41 Å². The van der Waals surface area contributed by atoms with Gasteiger partial charge in [0, 0.05) is 17.2 Å². The maximum atomic E-state index is 12.8. The Morgan fingerprint density at radius 2 is 1.55 bits per heavy atom. The number of benzene rings is 2. The molecule has 0 aromatic heterocycles. The van der Waals surface area contributed by atoms with Gasteiger partial charge in [-0.05, 0) is 44.2 Å². The van der Waals surface area contributed by atoms with Gasteiger partial charge < -0.3 is 14.8 Å². The number of anilines is 2. The molecular weight excluding hydrogens is 392 g/mol. The highest BCUT2D eigenvalue weighted by Crippen LogP contribution is 2.31. The van der Waals surface area contributed by atoms with Crippen LogP contribution in [0.25, 0.3) is 0 Å². The zero-order chi connectivity index (χ0) is 21.7. The lowest BCUT2D eigenvalue weighted by molar-refractivity contribution is -0.123. The average molecular weight is 421 g/mol. The third-order valence-corrected chi connectivity index (χ3v) is 5.26. The van der Waals surface area contributed by atoms with Crippen molar-refractivity contribution in [2.45, 2.75) is 39.5 Å². The van der Waals surface area contributed by atoms with Crippen molar-refractivity contribution in [3.8, 4) is 11.5 Å². The SMILES string of the molecule is CCOc1ccc(S(=O)(=O)Nc2cccc(NC(=O)C(C)(C)C)c2)cc1OCC. The molecule has 2 aromatic carbocycles. The topological polar surface area (TPSA) is 93.7 Å². The molecule has 0 heterocycles. The maximum absolute atomic E-state index is 12.8. The molecule has 0 radical (unpaired) electrons. The molecule has 0 atom stereocenters. The fourth-order valence-electron chi connectivity index (χ4n) is 2.39. The second-order valence-corrected chi connectivity index (χ2v) is 9.05. The number of rotatable bonds is 8. The van der Waals surface area contributed by atoms with Crippen molar-refractivity contribution in [3.63, 3.8) is 0 Å². The largest absolute Gasteiger partial charge is 0.490 e. The Hall–Kier alpha value is -2.74. The van der Waals surface area contributed by atoms with Crippen LogP contribution in [0.2, 0.25) is 0 Å². The summed E-state index contributed by atoms with van der Waals surface area (Å²) < 4.78 is 39.2. The van der Waals surface area contributed by atoms with Crippen LogP contribution >= 0.6 is 0 Å².